The van der Waals surface area contributed by atoms with Crippen LogP contribution < -0.4 is 21.5 Å². The zero-order chi connectivity index (χ0) is 23.7. The number of aryl methyl sites for hydroxylation is 2. The number of carbonyl (C=O) groups is 2. The second kappa shape index (κ2) is 11.7. The fourth-order valence-corrected chi connectivity index (χ4v) is 3.21. The largest absolute Gasteiger partial charge is 0.503 e. The van der Waals surface area contributed by atoms with Crippen molar-refractivity contribution in [2.75, 3.05) is 13.1 Å². The normalized spacial score (nSPS) is 10.7. The van der Waals surface area contributed by atoms with Crippen molar-refractivity contribution in [2.45, 2.75) is 52.6 Å². The number of nitrogens with one attached hydrogen (secondary N) is 2. The first kappa shape index (κ1) is 24.7. The minimum absolute atomic E-state index is 0.143. The van der Waals surface area contributed by atoms with Gasteiger partial charge in [-0.15, -0.1) is 0 Å². The standard InChI is InChI=1S/C22H30N4O6/c1-15-21(31)17(27)7-13-25(15)11-3-5-19(29)23-9-10-24-20(30)6-4-12-26-14-8-18(28)22(32)16(26)2/h7-8,13-14,31-32H,3-6,9-12H2,1-2H3,(H,23,29)(H,24,30). The van der Waals surface area contributed by atoms with Gasteiger partial charge in [0.2, 0.25) is 22.7 Å². The third-order valence-electron chi connectivity index (χ3n) is 5.20. The molecule has 32 heavy (non-hydrogen) atoms. The third kappa shape index (κ3) is 7.00. The number of hydrogen-bond donors (Lipinski definition) is 4. The molecule has 2 aromatic rings. The first-order valence-electron chi connectivity index (χ1n) is 10.5. The van der Waals surface area contributed by atoms with Gasteiger partial charge >= 0.3 is 0 Å². The molecule has 4 N–H and O–H groups in total. The molecule has 0 aliphatic rings. The lowest BCUT2D eigenvalue weighted by molar-refractivity contribution is -0.123. The van der Waals surface area contributed by atoms with Gasteiger partial charge in [0.15, 0.2) is 11.5 Å². The molecule has 0 saturated carbocycles. The van der Waals surface area contributed by atoms with Crippen molar-refractivity contribution in [2.24, 2.45) is 0 Å². The van der Waals surface area contributed by atoms with E-state index in [1.165, 1.54) is 12.1 Å². The van der Waals surface area contributed by atoms with Gasteiger partial charge in [-0.3, -0.25) is 19.2 Å². The van der Waals surface area contributed by atoms with Crippen molar-refractivity contribution >= 4 is 11.8 Å². The van der Waals surface area contributed by atoms with Crippen LogP contribution in [0.3, 0.4) is 0 Å². The Hall–Kier alpha value is -3.56. The fraction of sp³-hybridized carbons (Fsp3) is 0.455. The maximum atomic E-state index is 11.9. The summed E-state index contributed by atoms with van der Waals surface area (Å²) in [5.41, 5.74) is 0.0797. The minimum atomic E-state index is -0.426. The highest BCUT2D eigenvalue weighted by atomic mass is 16.3. The van der Waals surface area contributed by atoms with E-state index in [0.717, 1.165) is 0 Å². The van der Waals surface area contributed by atoms with Crippen LogP contribution in [-0.2, 0) is 22.7 Å². The molecule has 0 aromatic carbocycles. The molecule has 0 radical (unpaired) electrons. The highest BCUT2D eigenvalue weighted by Gasteiger charge is 2.08. The molecule has 0 unspecified atom stereocenters. The lowest BCUT2D eigenvalue weighted by atomic mass is 10.2. The van der Waals surface area contributed by atoms with Crippen LogP contribution in [0.4, 0.5) is 0 Å². The van der Waals surface area contributed by atoms with E-state index >= 15 is 0 Å². The first-order chi connectivity index (χ1) is 15.2. The second-order valence-electron chi connectivity index (χ2n) is 7.52. The Labute approximate surface area is 185 Å². The van der Waals surface area contributed by atoms with E-state index in [1.807, 2.05) is 0 Å². The van der Waals surface area contributed by atoms with Gasteiger partial charge in [0.05, 0.1) is 11.4 Å². The van der Waals surface area contributed by atoms with E-state index in [9.17, 15) is 29.4 Å². The van der Waals surface area contributed by atoms with Gasteiger partial charge in [-0.2, -0.15) is 0 Å². The Balaban J connectivity index is 1.59. The smallest absolute Gasteiger partial charge is 0.223 e. The quantitative estimate of drug-likeness (QED) is 0.371. The maximum absolute atomic E-state index is 11.9. The van der Waals surface area contributed by atoms with Crippen LogP contribution in [0.15, 0.2) is 34.1 Å². The molecular weight excluding hydrogens is 416 g/mol. The molecule has 10 nitrogen and oxygen atoms in total. The number of hydrogen-bond acceptors (Lipinski definition) is 6. The second-order valence-corrected chi connectivity index (χ2v) is 7.52. The molecule has 0 bridgehead atoms. The molecule has 174 valence electrons. The SMILES string of the molecule is Cc1c(O)c(=O)ccn1CCCC(=O)NCCNC(=O)CCCn1ccc(=O)c(O)c1C. The molecular formula is C22H30N4O6. The number of amides is 2. The van der Waals surface area contributed by atoms with Crippen molar-refractivity contribution in [3.8, 4) is 11.5 Å². The Bertz CT molecular complexity index is 988. The Morgan fingerprint density at radius 2 is 1.16 bits per heavy atom. The summed E-state index contributed by atoms with van der Waals surface area (Å²) in [6.07, 6.45) is 4.83. The van der Waals surface area contributed by atoms with E-state index < -0.39 is 10.9 Å². The van der Waals surface area contributed by atoms with Crippen LogP contribution >= 0.6 is 0 Å². The fourth-order valence-electron chi connectivity index (χ4n) is 3.21. The maximum Gasteiger partial charge on any atom is 0.223 e. The van der Waals surface area contributed by atoms with E-state index in [4.69, 9.17) is 0 Å². The summed E-state index contributed by atoms with van der Waals surface area (Å²) in [4.78, 5) is 46.5. The topological polar surface area (TPSA) is 143 Å². The molecule has 10 heteroatoms. The highest BCUT2D eigenvalue weighted by Crippen LogP contribution is 2.11. The minimum Gasteiger partial charge on any atom is -0.503 e. The van der Waals surface area contributed by atoms with Crippen LogP contribution in [0, 0.1) is 13.8 Å². The van der Waals surface area contributed by atoms with Crippen LogP contribution in [0.5, 0.6) is 11.5 Å². The third-order valence-corrected chi connectivity index (χ3v) is 5.20. The molecule has 2 aromatic heterocycles. The Morgan fingerprint density at radius 3 is 1.53 bits per heavy atom. The van der Waals surface area contributed by atoms with Gasteiger partial charge in [0.1, 0.15) is 0 Å². The Morgan fingerprint density at radius 1 is 0.781 bits per heavy atom. The predicted octanol–water partition coefficient (Wildman–Crippen LogP) is 0.531. The molecule has 0 aliphatic carbocycles. The van der Waals surface area contributed by atoms with Gasteiger partial charge in [0, 0.05) is 63.5 Å². The van der Waals surface area contributed by atoms with Crippen molar-refractivity contribution < 1.29 is 19.8 Å². The molecule has 0 saturated heterocycles. The van der Waals surface area contributed by atoms with E-state index in [1.54, 1.807) is 35.4 Å². The molecule has 0 atom stereocenters. The molecule has 0 spiro atoms. The number of aromatic hydroxyl groups is 2. The van der Waals surface area contributed by atoms with Crippen LogP contribution in [0.25, 0.3) is 0 Å². The highest BCUT2D eigenvalue weighted by molar-refractivity contribution is 5.77. The summed E-state index contributed by atoms with van der Waals surface area (Å²) in [7, 11) is 0. The van der Waals surface area contributed by atoms with Crippen molar-refractivity contribution in [1.29, 1.82) is 0 Å². The predicted molar refractivity (Wildman–Crippen MR) is 119 cm³/mol. The van der Waals surface area contributed by atoms with Gasteiger partial charge in [-0.05, 0) is 26.7 Å². The zero-order valence-corrected chi connectivity index (χ0v) is 18.4. The summed E-state index contributed by atoms with van der Waals surface area (Å²) >= 11 is 0. The number of nitrogens with zero attached hydrogens (tertiary/aromatic N) is 2. The van der Waals surface area contributed by atoms with Gasteiger partial charge in [0.25, 0.3) is 0 Å². The van der Waals surface area contributed by atoms with Crippen LogP contribution in [-0.4, -0.2) is 44.3 Å². The molecule has 0 fully saturated rings. The van der Waals surface area contributed by atoms with Crippen LogP contribution in [0.2, 0.25) is 0 Å². The average Bonchev–Trinajstić information content (AvgIpc) is 2.76. The van der Waals surface area contributed by atoms with E-state index in [2.05, 4.69) is 10.6 Å². The van der Waals surface area contributed by atoms with Gasteiger partial charge in [-0.25, -0.2) is 0 Å². The van der Waals surface area contributed by atoms with E-state index in [-0.39, 0.29) is 36.2 Å². The summed E-state index contributed by atoms with van der Waals surface area (Å²) in [5.74, 6) is -0.841. The monoisotopic (exact) mass is 446 g/mol. The molecule has 0 aliphatic heterocycles. The van der Waals surface area contributed by atoms with Crippen molar-refractivity contribution in [1.82, 2.24) is 19.8 Å². The number of pyridine rings is 2. The van der Waals surface area contributed by atoms with E-state index in [0.29, 0.717) is 50.4 Å². The van der Waals surface area contributed by atoms with Gasteiger partial charge in [-0.1, -0.05) is 0 Å². The van der Waals surface area contributed by atoms with Gasteiger partial charge < -0.3 is 30.0 Å². The summed E-state index contributed by atoms with van der Waals surface area (Å²) in [6, 6.07) is 2.58. The van der Waals surface area contributed by atoms with Crippen molar-refractivity contribution in [3.05, 3.63) is 56.4 Å². The molecule has 2 amide bonds. The number of aromatic nitrogens is 2. The summed E-state index contributed by atoms with van der Waals surface area (Å²) in [5, 5.41) is 24.8. The summed E-state index contributed by atoms with van der Waals surface area (Å²) < 4.78 is 3.45. The lowest BCUT2D eigenvalue weighted by Crippen LogP contribution is -2.34. The van der Waals surface area contributed by atoms with Crippen molar-refractivity contribution in [3.63, 3.8) is 0 Å². The summed E-state index contributed by atoms with van der Waals surface area (Å²) in [6.45, 7) is 4.91. The first-order valence-corrected chi connectivity index (χ1v) is 10.5. The molecule has 2 heterocycles. The zero-order valence-electron chi connectivity index (χ0n) is 18.4. The Kier molecular flexibility index (Phi) is 9.06. The number of carbonyl (C=O) groups excluding carboxylic acids is 2. The van der Waals surface area contributed by atoms with Crippen LogP contribution in [0.1, 0.15) is 37.1 Å². The number of rotatable bonds is 11. The lowest BCUT2D eigenvalue weighted by Gasteiger charge is -2.12. The molecule has 2 rings (SSSR count). The average molecular weight is 447 g/mol.